The number of hydrogen-bond donors (Lipinski definition) is 11. The number of benzene rings is 1. The van der Waals surface area contributed by atoms with E-state index in [2.05, 4.69) is 26.6 Å². The van der Waals surface area contributed by atoms with Crippen LogP contribution in [0.3, 0.4) is 0 Å². The predicted octanol–water partition coefficient (Wildman–Crippen LogP) is -5.11. The Morgan fingerprint density at radius 1 is 0.824 bits per heavy atom. The molecule has 51 heavy (non-hydrogen) atoms. The molecule has 0 spiro atoms. The van der Waals surface area contributed by atoms with E-state index in [9.17, 15) is 59.1 Å². The number of nitrogens with two attached hydrogens (primary N) is 1. The van der Waals surface area contributed by atoms with E-state index in [1.54, 1.807) is 13.8 Å². The van der Waals surface area contributed by atoms with E-state index in [1.165, 1.54) is 24.3 Å². The molecule has 8 atom stereocenters. The third-order valence-electron chi connectivity index (χ3n) is 8.23. The molecular formula is C32H49N7O12. The number of aliphatic hydroxyl groups is 4. The summed E-state index contributed by atoms with van der Waals surface area (Å²) in [6.07, 6.45) is -0.595. The van der Waals surface area contributed by atoms with Crippen LogP contribution in [0.5, 0.6) is 5.75 Å². The minimum Gasteiger partial charge on any atom is -0.508 e. The Morgan fingerprint density at radius 2 is 1.37 bits per heavy atom. The van der Waals surface area contributed by atoms with Crippen molar-refractivity contribution in [3.8, 4) is 5.75 Å². The predicted molar refractivity (Wildman–Crippen MR) is 178 cm³/mol. The molecule has 0 aliphatic carbocycles. The second-order valence-corrected chi connectivity index (χ2v) is 12.5. The first-order valence-electron chi connectivity index (χ1n) is 16.4. The van der Waals surface area contributed by atoms with Gasteiger partial charge in [-0.2, -0.15) is 0 Å². The smallest absolute Gasteiger partial charge is 0.248 e. The van der Waals surface area contributed by atoms with Gasteiger partial charge >= 0.3 is 0 Å². The van der Waals surface area contributed by atoms with Gasteiger partial charge in [0.15, 0.2) is 0 Å². The number of hydrogen-bond acceptors (Lipinski definition) is 13. The monoisotopic (exact) mass is 723 g/mol. The van der Waals surface area contributed by atoms with Crippen LogP contribution in [-0.4, -0.2) is 147 Å². The van der Waals surface area contributed by atoms with E-state index in [-0.39, 0.29) is 31.1 Å². The lowest BCUT2D eigenvalue weighted by Crippen LogP contribution is -2.62. The van der Waals surface area contributed by atoms with Gasteiger partial charge in [-0.1, -0.05) is 26.0 Å². The van der Waals surface area contributed by atoms with Crippen LogP contribution in [0.15, 0.2) is 24.3 Å². The van der Waals surface area contributed by atoms with Crippen LogP contribution >= 0.6 is 0 Å². The van der Waals surface area contributed by atoms with E-state index in [4.69, 9.17) is 5.73 Å². The van der Waals surface area contributed by atoms with Crippen LogP contribution in [-0.2, 0) is 40.0 Å². The molecule has 1 aliphatic rings. The van der Waals surface area contributed by atoms with Gasteiger partial charge in [0.2, 0.25) is 35.4 Å². The van der Waals surface area contributed by atoms with Crippen LogP contribution in [0.2, 0.25) is 0 Å². The zero-order valence-corrected chi connectivity index (χ0v) is 28.7. The molecule has 1 heterocycles. The van der Waals surface area contributed by atoms with E-state index < -0.39 is 104 Å². The zero-order valence-electron chi connectivity index (χ0n) is 28.7. The lowest BCUT2D eigenvalue weighted by atomic mass is 10.0. The Hall–Kier alpha value is -4.69. The second-order valence-electron chi connectivity index (χ2n) is 12.5. The van der Waals surface area contributed by atoms with Crippen LogP contribution < -0.4 is 32.3 Å². The molecule has 2 rings (SSSR count). The zero-order chi connectivity index (χ0) is 38.4. The van der Waals surface area contributed by atoms with Gasteiger partial charge in [0.1, 0.15) is 42.2 Å². The summed E-state index contributed by atoms with van der Waals surface area (Å²) in [4.78, 5) is 90.5. The first-order valence-corrected chi connectivity index (χ1v) is 16.4. The number of carbonyl (C=O) groups excluding carboxylic acids is 7. The summed E-state index contributed by atoms with van der Waals surface area (Å²) in [7, 11) is 0. The minimum absolute atomic E-state index is 0.00298. The molecule has 0 unspecified atom stereocenters. The number of nitrogens with zero attached hydrogens (tertiary/aromatic N) is 1. The van der Waals surface area contributed by atoms with Gasteiger partial charge in [-0.05, 0) is 49.8 Å². The van der Waals surface area contributed by atoms with Crippen LogP contribution in [0.1, 0.15) is 39.2 Å². The van der Waals surface area contributed by atoms with Crippen LogP contribution in [0.4, 0.5) is 0 Å². The number of aromatic hydroxyl groups is 1. The highest BCUT2D eigenvalue weighted by molar-refractivity contribution is 5.97. The lowest BCUT2D eigenvalue weighted by Gasteiger charge is -2.30. The Bertz CT molecular complexity index is 1380. The summed E-state index contributed by atoms with van der Waals surface area (Å²) in [5.41, 5.74) is 6.42. The third kappa shape index (κ3) is 12.2. The molecular weight excluding hydrogens is 674 g/mol. The number of phenolic OH excluding ortho intramolecular Hbond substituents is 1. The highest BCUT2D eigenvalue weighted by atomic mass is 16.3. The SMILES string of the molecule is CC(C)[C@H](N)C(=O)N[C@@H](CO)C(=O)N1CCC[C@H]1C(=O)N[C@@H](CO)C(=O)N[C@H](C(=O)N[C@@H](CO)C(=O)N[C@H](C=O)Cc1ccc(O)cc1)[C@@H](C)O. The van der Waals surface area contributed by atoms with Crippen LogP contribution in [0, 0.1) is 5.92 Å². The van der Waals surface area contributed by atoms with Crippen molar-refractivity contribution in [2.45, 2.75) is 88.4 Å². The highest BCUT2D eigenvalue weighted by Gasteiger charge is 2.40. The number of likely N-dealkylation sites (tertiary alicyclic amines) is 1. The van der Waals surface area contributed by atoms with Crippen molar-refractivity contribution < 1.29 is 59.1 Å². The molecule has 284 valence electrons. The summed E-state index contributed by atoms with van der Waals surface area (Å²) in [6.45, 7) is 1.95. The molecule has 1 aromatic carbocycles. The summed E-state index contributed by atoms with van der Waals surface area (Å²) >= 11 is 0. The molecule has 1 fully saturated rings. The summed E-state index contributed by atoms with van der Waals surface area (Å²) in [6, 6.07) is -3.77. The molecule has 0 bridgehead atoms. The normalized spacial score (nSPS) is 18.3. The first-order chi connectivity index (χ1) is 24.1. The van der Waals surface area contributed by atoms with E-state index in [0.717, 1.165) is 11.8 Å². The molecule has 1 saturated heterocycles. The molecule has 6 amide bonds. The van der Waals surface area contributed by atoms with Gasteiger partial charge in [-0.15, -0.1) is 0 Å². The van der Waals surface area contributed by atoms with Gasteiger partial charge in [0.05, 0.1) is 38.0 Å². The van der Waals surface area contributed by atoms with E-state index in [1.807, 2.05) is 0 Å². The fourth-order valence-corrected chi connectivity index (χ4v) is 5.14. The van der Waals surface area contributed by atoms with Gasteiger partial charge < -0.3 is 67.5 Å². The summed E-state index contributed by atoms with van der Waals surface area (Å²) in [5, 5.41) is 60.6. The number of aliphatic hydroxyl groups excluding tert-OH is 4. The number of phenols is 1. The molecule has 19 nitrogen and oxygen atoms in total. The third-order valence-corrected chi connectivity index (χ3v) is 8.23. The second kappa shape index (κ2) is 20.2. The van der Waals surface area contributed by atoms with Crippen LogP contribution in [0.25, 0.3) is 0 Å². The maximum Gasteiger partial charge on any atom is 0.248 e. The van der Waals surface area contributed by atoms with Crippen molar-refractivity contribution in [3.05, 3.63) is 29.8 Å². The molecule has 0 aromatic heterocycles. The van der Waals surface area contributed by atoms with Gasteiger partial charge in [-0.3, -0.25) is 28.8 Å². The van der Waals surface area contributed by atoms with E-state index >= 15 is 0 Å². The van der Waals surface area contributed by atoms with Crippen molar-refractivity contribution in [2.24, 2.45) is 11.7 Å². The van der Waals surface area contributed by atoms with Gasteiger partial charge in [0.25, 0.3) is 0 Å². The maximum absolute atomic E-state index is 13.2. The molecule has 1 aromatic rings. The quantitative estimate of drug-likeness (QED) is 0.0596. The minimum atomic E-state index is -1.75. The van der Waals surface area contributed by atoms with Crippen molar-refractivity contribution >= 4 is 41.7 Å². The number of nitrogens with one attached hydrogen (secondary N) is 5. The van der Waals surface area contributed by atoms with Gasteiger partial charge in [-0.25, -0.2) is 0 Å². The average molecular weight is 724 g/mol. The summed E-state index contributed by atoms with van der Waals surface area (Å²) < 4.78 is 0. The molecule has 19 heteroatoms. The number of aldehydes is 1. The van der Waals surface area contributed by atoms with Crippen molar-refractivity contribution in [2.75, 3.05) is 26.4 Å². The van der Waals surface area contributed by atoms with Crippen molar-refractivity contribution in [1.82, 2.24) is 31.5 Å². The number of rotatable bonds is 19. The Balaban J connectivity index is 2.06. The summed E-state index contributed by atoms with van der Waals surface area (Å²) in [5.74, 6) is -5.76. The Morgan fingerprint density at radius 3 is 1.90 bits per heavy atom. The number of amides is 6. The standard InChI is InChI=1S/C32H49N7O12/c1-16(2)25(33)30(49)37-23(15-43)32(51)39-10-4-5-24(39)29(48)35-22(14-42)28(47)38-26(17(3)44)31(50)36-21(13-41)27(46)34-19(12-40)11-18-6-8-20(45)9-7-18/h6-9,12,16-17,19,21-26,41-45H,4-5,10-11,13-15,33H2,1-3H3,(H,34,46)(H,35,48)(H,36,50)(H,37,49)(H,38,47)/t17-,19+,21+,22+,23+,24+,25+,26+/m1/s1. The van der Waals surface area contributed by atoms with E-state index in [0.29, 0.717) is 18.3 Å². The fraction of sp³-hybridized carbons (Fsp3) is 0.594. The molecule has 0 saturated carbocycles. The number of carbonyl (C=O) groups is 7. The molecule has 1 aliphatic heterocycles. The van der Waals surface area contributed by atoms with Gasteiger partial charge in [0, 0.05) is 6.54 Å². The van der Waals surface area contributed by atoms with Crippen molar-refractivity contribution in [1.29, 1.82) is 0 Å². The topological polar surface area (TPSA) is 310 Å². The largest absolute Gasteiger partial charge is 0.508 e. The first kappa shape index (κ1) is 42.5. The average Bonchev–Trinajstić information content (AvgIpc) is 3.60. The lowest BCUT2D eigenvalue weighted by molar-refractivity contribution is -0.143. The Labute approximate surface area is 294 Å². The molecule has 0 radical (unpaired) electrons. The fourth-order valence-electron chi connectivity index (χ4n) is 5.14. The maximum atomic E-state index is 13.2. The Kier molecular flexibility index (Phi) is 16.9. The highest BCUT2D eigenvalue weighted by Crippen LogP contribution is 2.19. The van der Waals surface area contributed by atoms with Crippen molar-refractivity contribution in [3.63, 3.8) is 0 Å². The molecule has 12 N–H and O–H groups in total.